The minimum Gasteiger partial charge on any atom is -0.310 e. The molecule has 0 aromatic heterocycles. The largest absolute Gasteiger partial charge is 0.310 e. The zero-order valence-electron chi connectivity index (χ0n) is 35.5. The molecule has 2 aliphatic carbocycles. The van der Waals surface area contributed by atoms with Crippen LogP contribution in [-0.4, -0.2) is 0 Å². The summed E-state index contributed by atoms with van der Waals surface area (Å²) in [5.41, 5.74) is 22.1. The molecule has 3 aliphatic rings. The molecule has 0 radical (unpaired) electrons. The smallest absolute Gasteiger partial charge is 0.0726 e. The summed E-state index contributed by atoms with van der Waals surface area (Å²) in [6.07, 6.45) is 0. The summed E-state index contributed by atoms with van der Waals surface area (Å²) in [7, 11) is 0. The lowest BCUT2D eigenvalue weighted by Crippen LogP contribution is -2.26. The SMILES string of the molecule is c1ccc(N(c2ccc(-c3ccc(N4c5ccc6ccccc6c5-c5cccc6cccc4c56)cc3)cc2)c2ccc3c(c2)C2(c4ccccc4-c4ccccc42)c2ccccc2-3)cc1. The molecule has 0 atom stereocenters. The van der Waals surface area contributed by atoms with Crippen molar-refractivity contribution in [1.29, 1.82) is 0 Å². The van der Waals surface area contributed by atoms with Gasteiger partial charge in [0.1, 0.15) is 0 Å². The fourth-order valence-electron chi connectivity index (χ4n) is 11.7. The Morgan fingerprint density at radius 1 is 0.323 bits per heavy atom. The second kappa shape index (κ2) is 13.8. The molecule has 11 aromatic rings. The number of nitrogens with zero attached hydrogens (tertiary/aromatic N) is 2. The molecule has 0 saturated carbocycles. The van der Waals surface area contributed by atoms with Gasteiger partial charge in [-0.05, 0) is 138 Å². The second-order valence-corrected chi connectivity index (χ2v) is 17.6. The molecule has 2 heteroatoms. The molecule has 2 nitrogen and oxygen atoms in total. The van der Waals surface area contributed by atoms with Crippen LogP contribution in [0.1, 0.15) is 22.3 Å². The second-order valence-electron chi connectivity index (χ2n) is 17.6. The van der Waals surface area contributed by atoms with E-state index in [1.54, 1.807) is 0 Å². The zero-order chi connectivity index (χ0) is 42.6. The first kappa shape index (κ1) is 36.1. The van der Waals surface area contributed by atoms with E-state index in [1.165, 1.54) is 99.7 Å². The van der Waals surface area contributed by atoms with Gasteiger partial charge in [0.05, 0.1) is 16.8 Å². The number of hydrogen-bond acceptors (Lipinski definition) is 2. The third kappa shape index (κ3) is 5.05. The number of anilines is 6. The number of hydrogen-bond donors (Lipinski definition) is 0. The van der Waals surface area contributed by atoms with Gasteiger partial charge in [-0.15, -0.1) is 0 Å². The standard InChI is InChI=1S/C63H40N2/c1-2-17-45(18-3-1)64(48-37-38-53-52-22-8-11-26-57(52)63(58(53)40-48)55-24-9-6-20-50(55)51-21-7-10-25-56(51)63)46-33-28-41(29-34-46)42-30-35-47(36-31-42)65-59-27-13-16-44-15-12-23-54(61(44)59)62-49-19-5-4-14-43(49)32-39-60(62)65/h1-40H. The van der Waals surface area contributed by atoms with Gasteiger partial charge in [-0.2, -0.15) is 0 Å². The molecule has 0 bridgehead atoms. The van der Waals surface area contributed by atoms with E-state index in [4.69, 9.17) is 0 Å². The molecule has 1 spiro atoms. The molecule has 0 fully saturated rings. The Kier molecular flexibility index (Phi) is 7.64. The van der Waals surface area contributed by atoms with E-state index in [2.05, 4.69) is 252 Å². The maximum absolute atomic E-state index is 2.47. The Labute approximate surface area is 378 Å². The topological polar surface area (TPSA) is 6.48 Å². The van der Waals surface area contributed by atoms with Gasteiger partial charge in [-0.1, -0.05) is 182 Å². The van der Waals surface area contributed by atoms with Gasteiger partial charge in [0.15, 0.2) is 0 Å². The van der Waals surface area contributed by atoms with E-state index in [9.17, 15) is 0 Å². The molecule has 302 valence electrons. The van der Waals surface area contributed by atoms with Crippen LogP contribution >= 0.6 is 0 Å². The van der Waals surface area contributed by atoms with E-state index in [1.807, 2.05) is 0 Å². The normalized spacial score (nSPS) is 13.3. The molecule has 65 heavy (non-hydrogen) atoms. The first-order valence-electron chi connectivity index (χ1n) is 22.6. The van der Waals surface area contributed by atoms with Crippen LogP contribution in [0, 0.1) is 0 Å². The van der Waals surface area contributed by atoms with Crippen molar-refractivity contribution >= 4 is 55.7 Å². The van der Waals surface area contributed by atoms with Crippen molar-refractivity contribution in [1.82, 2.24) is 0 Å². The highest BCUT2D eigenvalue weighted by Gasteiger charge is 2.51. The lowest BCUT2D eigenvalue weighted by Gasteiger charge is -2.34. The Morgan fingerprint density at radius 3 is 1.54 bits per heavy atom. The van der Waals surface area contributed by atoms with Gasteiger partial charge >= 0.3 is 0 Å². The highest BCUT2D eigenvalue weighted by Crippen LogP contribution is 2.63. The lowest BCUT2D eigenvalue weighted by molar-refractivity contribution is 0.793. The van der Waals surface area contributed by atoms with Crippen molar-refractivity contribution in [3.05, 3.63) is 265 Å². The molecule has 0 amide bonds. The van der Waals surface area contributed by atoms with Crippen molar-refractivity contribution in [2.75, 3.05) is 9.80 Å². The van der Waals surface area contributed by atoms with Gasteiger partial charge in [0.2, 0.25) is 0 Å². The molecule has 0 unspecified atom stereocenters. The number of rotatable bonds is 5. The Bertz CT molecular complexity index is 3650. The summed E-state index contributed by atoms with van der Waals surface area (Å²) in [6, 6.07) is 89.9. The van der Waals surface area contributed by atoms with Gasteiger partial charge in [-0.25, -0.2) is 0 Å². The maximum Gasteiger partial charge on any atom is 0.0726 e. The van der Waals surface area contributed by atoms with E-state index < -0.39 is 5.41 Å². The summed E-state index contributed by atoms with van der Waals surface area (Å²) in [5, 5.41) is 5.08. The summed E-state index contributed by atoms with van der Waals surface area (Å²) in [6.45, 7) is 0. The summed E-state index contributed by atoms with van der Waals surface area (Å²) >= 11 is 0. The molecular weight excluding hydrogens is 785 g/mol. The molecule has 1 heterocycles. The highest BCUT2D eigenvalue weighted by atomic mass is 15.2. The number of benzene rings is 11. The van der Waals surface area contributed by atoms with Crippen molar-refractivity contribution in [3.8, 4) is 44.5 Å². The predicted molar refractivity (Wildman–Crippen MR) is 272 cm³/mol. The van der Waals surface area contributed by atoms with Crippen LogP contribution in [0.2, 0.25) is 0 Å². The van der Waals surface area contributed by atoms with Gasteiger partial charge in [0, 0.05) is 33.7 Å². The Hall–Kier alpha value is -8.46. The predicted octanol–water partition coefficient (Wildman–Crippen LogP) is 16.9. The van der Waals surface area contributed by atoms with Crippen molar-refractivity contribution in [2.45, 2.75) is 5.41 Å². The van der Waals surface area contributed by atoms with Gasteiger partial charge in [-0.3, -0.25) is 0 Å². The average Bonchev–Trinajstić information content (AvgIpc) is 3.84. The fourth-order valence-corrected chi connectivity index (χ4v) is 11.7. The van der Waals surface area contributed by atoms with Crippen LogP contribution in [-0.2, 0) is 5.41 Å². The molecular formula is C63H40N2. The molecule has 14 rings (SSSR count). The summed E-state index contributed by atoms with van der Waals surface area (Å²) in [5.74, 6) is 0. The van der Waals surface area contributed by atoms with Crippen LogP contribution in [0.4, 0.5) is 34.1 Å². The van der Waals surface area contributed by atoms with E-state index in [0.29, 0.717) is 0 Å². The van der Waals surface area contributed by atoms with Crippen LogP contribution < -0.4 is 9.80 Å². The van der Waals surface area contributed by atoms with Gasteiger partial charge in [0.25, 0.3) is 0 Å². The van der Waals surface area contributed by atoms with Crippen LogP contribution in [0.15, 0.2) is 243 Å². The average molecular weight is 825 g/mol. The maximum atomic E-state index is 2.47. The van der Waals surface area contributed by atoms with Gasteiger partial charge < -0.3 is 9.80 Å². The lowest BCUT2D eigenvalue weighted by atomic mass is 9.70. The monoisotopic (exact) mass is 824 g/mol. The zero-order valence-corrected chi connectivity index (χ0v) is 35.5. The molecule has 0 N–H and O–H groups in total. The molecule has 0 saturated heterocycles. The Balaban J connectivity index is 0.863. The van der Waals surface area contributed by atoms with Crippen LogP contribution in [0.3, 0.4) is 0 Å². The summed E-state index contributed by atoms with van der Waals surface area (Å²) in [4.78, 5) is 4.86. The fraction of sp³-hybridized carbons (Fsp3) is 0.0159. The third-order valence-corrected chi connectivity index (χ3v) is 14.4. The van der Waals surface area contributed by atoms with E-state index >= 15 is 0 Å². The highest BCUT2D eigenvalue weighted by molar-refractivity contribution is 6.19. The van der Waals surface area contributed by atoms with E-state index in [0.717, 1.165) is 22.7 Å². The quantitative estimate of drug-likeness (QED) is 0.171. The number of para-hydroxylation sites is 1. The van der Waals surface area contributed by atoms with Crippen molar-refractivity contribution in [2.24, 2.45) is 0 Å². The van der Waals surface area contributed by atoms with E-state index in [-0.39, 0.29) is 0 Å². The van der Waals surface area contributed by atoms with Crippen molar-refractivity contribution in [3.63, 3.8) is 0 Å². The summed E-state index contributed by atoms with van der Waals surface area (Å²) < 4.78 is 0. The Morgan fingerprint density at radius 2 is 0.846 bits per heavy atom. The molecule has 11 aromatic carbocycles. The van der Waals surface area contributed by atoms with Crippen molar-refractivity contribution < 1.29 is 0 Å². The van der Waals surface area contributed by atoms with Crippen LogP contribution in [0.25, 0.3) is 66.1 Å². The minimum atomic E-state index is -0.409. The molecule has 1 aliphatic heterocycles. The third-order valence-electron chi connectivity index (χ3n) is 14.4. The number of fused-ring (bicyclic) bond motifs is 14. The first-order chi connectivity index (χ1) is 32.3. The first-order valence-corrected chi connectivity index (χ1v) is 22.6. The minimum absolute atomic E-state index is 0.409. The van der Waals surface area contributed by atoms with Crippen LogP contribution in [0.5, 0.6) is 0 Å².